The Morgan fingerprint density at radius 2 is 1.96 bits per heavy atom. The number of hydrogen-bond acceptors (Lipinski definition) is 6. The van der Waals surface area contributed by atoms with E-state index in [0.717, 1.165) is 5.56 Å². The molecule has 132 valence electrons. The average molecular weight is 390 g/mol. The van der Waals surface area contributed by atoms with Gasteiger partial charge in [-0.15, -0.1) is 11.3 Å². The van der Waals surface area contributed by atoms with Gasteiger partial charge in [0.05, 0.1) is 15.6 Å². The molecule has 0 saturated carbocycles. The number of thiazole rings is 1. The molecule has 0 aliphatic heterocycles. The molecule has 1 heterocycles. The lowest BCUT2D eigenvalue weighted by Crippen LogP contribution is -2.20. The summed E-state index contributed by atoms with van der Waals surface area (Å²) in [7, 11) is 0. The first-order valence-corrected chi connectivity index (χ1v) is 8.66. The molecule has 1 N–H and O–H groups in total. The Balaban J connectivity index is 1.60. The van der Waals surface area contributed by atoms with Crippen molar-refractivity contribution in [3.05, 3.63) is 69.0 Å². The number of hydrogen-bond donors (Lipinski definition) is 1. The molecule has 0 atom stereocenters. The zero-order valence-electron chi connectivity index (χ0n) is 13.2. The first-order valence-electron chi connectivity index (χ1n) is 7.40. The lowest BCUT2D eigenvalue weighted by Gasteiger charge is -2.07. The summed E-state index contributed by atoms with van der Waals surface area (Å²) in [5.74, 6) is 0.0598. The molecule has 0 radical (unpaired) electrons. The van der Waals surface area contributed by atoms with Gasteiger partial charge in [0.2, 0.25) is 0 Å². The van der Waals surface area contributed by atoms with Crippen molar-refractivity contribution in [2.75, 3.05) is 11.9 Å². The standard InChI is InChI=1S/C17H12ClN3O4S/c18-13-3-1-2-4-15(13)25-9-16(22)20-17-19-14(10-26-17)11-5-7-12(8-6-11)21(23)24/h1-8,10H,9H2,(H,19,20,22). The van der Waals surface area contributed by atoms with Gasteiger partial charge in [-0.1, -0.05) is 23.7 Å². The van der Waals surface area contributed by atoms with E-state index in [1.807, 2.05) is 0 Å². The second-order valence-electron chi connectivity index (χ2n) is 5.11. The fraction of sp³-hybridized carbons (Fsp3) is 0.0588. The topological polar surface area (TPSA) is 94.4 Å². The predicted octanol–water partition coefficient (Wildman–Crippen LogP) is 4.39. The number of amides is 1. The van der Waals surface area contributed by atoms with Crippen LogP contribution in [0.4, 0.5) is 10.8 Å². The number of nitro groups is 1. The van der Waals surface area contributed by atoms with Gasteiger partial charge in [-0.05, 0) is 24.3 Å². The molecule has 1 amide bonds. The minimum absolute atomic E-state index is 0.00854. The van der Waals surface area contributed by atoms with Crippen LogP contribution in [-0.4, -0.2) is 22.4 Å². The van der Waals surface area contributed by atoms with Gasteiger partial charge < -0.3 is 4.74 Å². The second-order valence-corrected chi connectivity index (χ2v) is 6.37. The van der Waals surface area contributed by atoms with Crippen LogP contribution in [0.5, 0.6) is 5.75 Å². The molecule has 0 saturated heterocycles. The van der Waals surface area contributed by atoms with Gasteiger partial charge in [0.15, 0.2) is 11.7 Å². The summed E-state index contributed by atoms with van der Waals surface area (Å²) in [6.07, 6.45) is 0. The summed E-state index contributed by atoms with van der Waals surface area (Å²) < 4.78 is 5.37. The second kappa shape index (κ2) is 7.94. The van der Waals surface area contributed by atoms with Crippen LogP contribution < -0.4 is 10.1 Å². The molecule has 0 bridgehead atoms. The van der Waals surface area contributed by atoms with E-state index in [1.165, 1.54) is 23.5 Å². The number of nitro benzene ring substituents is 1. The number of carbonyl (C=O) groups excluding carboxylic acids is 1. The van der Waals surface area contributed by atoms with Crippen molar-refractivity contribution in [1.82, 2.24) is 4.98 Å². The van der Waals surface area contributed by atoms with Crippen LogP contribution in [0.1, 0.15) is 0 Å². The Labute approximate surface area is 157 Å². The van der Waals surface area contributed by atoms with Crippen molar-refractivity contribution < 1.29 is 14.5 Å². The van der Waals surface area contributed by atoms with Crippen LogP contribution in [0.25, 0.3) is 11.3 Å². The van der Waals surface area contributed by atoms with Crippen LogP contribution in [0.3, 0.4) is 0 Å². The van der Waals surface area contributed by atoms with E-state index >= 15 is 0 Å². The third kappa shape index (κ3) is 4.35. The summed E-state index contributed by atoms with van der Waals surface area (Å²) in [5, 5.41) is 15.9. The van der Waals surface area contributed by atoms with Crippen molar-refractivity contribution in [3.63, 3.8) is 0 Å². The number of aromatic nitrogens is 1. The van der Waals surface area contributed by atoms with Gasteiger partial charge in [-0.25, -0.2) is 4.98 Å². The third-order valence-electron chi connectivity index (χ3n) is 3.32. The SMILES string of the molecule is O=C(COc1ccccc1Cl)Nc1nc(-c2ccc([N+](=O)[O-])cc2)cs1. The van der Waals surface area contributed by atoms with E-state index in [9.17, 15) is 14.9 Å². The molecule has 0 fully saturated rings. The van der Waals surface area contributed by atoms with E-state index in [0.29, 0.717) is 21.6 Å². The number of rotatable bonds is 6. The summed E-state index contributed by atoms with van der Waals surface area (Å²) >= 11 is 7.21. The number of carbonyl (C=O) groups is 1. The average Bonchev–Trinajstić information content (AvgIpc) is 3.09. The molecule has 2 aromatic carbocycles. The number of halogens is 1. The zero-order chi connectivity index (χ0) is 18.5. The molecule has 7 nitrogen and oxygen atoms in total. The number of non-ortho nitro benzene ring substituents is 1. The normalized spacial score (nSPS) is 10.3. The molecule has 3 rings (SSSR count). The van der Waals surface area contributed by atoms with Crippen molar-refractivity contribution in [2.24, 2.45) is 0 Å². The Morgan fingerprint density at radius 3 is 2.65 bits per heavy atom. The summed E-state index contributed by atoms with van der Waals surface area (Å²) in [6, 6.07) is 12.9. The molecule has 0 spiro atoms. The van der Waals surface area contributed by atoms with Crippen LogP contribution in [0.2, 0.25) is 5.02 Å². The quantitative estimate of drug-likeness (QED) is 0.498. The number of nitrogens with zero attached hydrogens (tertiary/aromatic N) is 2. The van der Waals surface area contributed by atoms with E-state index in [1.54, 1.807) is 41.8 Å². The number of ether oxygens (including phenoxy) is 1. The fourth-order valence-electron chi connectivity index (χ4n) is 2.08. The highest BCUT2D eigenvalue weighted by Crippen LogP contribution is 2.27. The van der Waals surface area contributed by atoms with Crippen LogP contribution in [-0.2, 0) is 4.79 Å². The van der Waals surface area contributed by atoms with Gasteiger partial charge >= 0.3 is 0 Å². The lowest BCUT2D eigenvalue weighted by molar-refractivity contribution is -0.384. The smallest absolute Gasteiger partial charge is 0.269 e. The van der Waals surface area contributed by atoms with E-state index in [2.05, 4.69) is 10.3 Å². The van der Waals surface area contributed by atoms with Crippen molar-refractivity contribution >= 4 is 39.7 Å². The van der Waals surface area contributed by atoms with E-state index in [-0.39, 0.29) is 18.2 Å². The van der Waals surface area contributed by atoms with Crippen LogP contribution in [0, 0.1) is 10.1 Å². The van der Waals surface area contributed by atoms with Gasteiger partial charge in [0, 0.05) is 23.1 Å². The Hall–Kier alpha value is -2.97. The molecule has 0 aliphatic carbocycles. The molecular formula is C17H12ClN3O4S. The number of para-hydroxylation sites is 1. The van der Waals surface area contributed by atoms with Crippen LogP contribution >= 0.6 is 22.9 Å². The first-order chi connectivity index (χ1) is 12.5. The summed E-state index contributed by atoms with van der Waals surface area (Å²) in [4.78, 5) is 26.5. The molecule has 0 unspecified atom stereocenters. The monoisotopic (exact) mass is 389 g/mol. The molecular weight excluding hydrogens is 378 g/mol. The van der Waals surface area contributed by atoms with Gasteiger partial charge in [0.1, 0.15) is 5.75 Å². The van der Waals surface area contributed by atoms with Gasteiger partial charge in [0.25, 0.3) is 11.6 Å². The van der Waals surface area contributed by atoms with E-state index < -0.39 is 4.92 Å². The largest absolute Gasteiger partial charge is 0.482 e. The molecule has 9 heteroatoms. The van der Waals surface area contributed by atoms with Crippen molar-refractivity contribution in [3.8, 4) is 17.0 Å². The highest BCUT2D eigenvalue weighted by atomic mass is 35.5. The maximum atomic E-state index is 12.0. The van der Waals surface area contributed by atoms with Gasteiger partial charge in [-0.2, -0.15) is 0 Å². The number of anilines is 1. The van der Waals surface area contributed by atoms with Crippen molar-refractivity contribution in [2.45, 2.75) is 0 Å². The molecule has 3 aromatic rings. The van der Waals surface area contributed by atoms with Gasteiger partial charge in [-0.3, -0.25) is 20.2 Å². The Kier molecular flexibility index (Phi) is 5.45. The maximum absolute atomic E-state index is 12.0. The van der Waals surface area contributed by atoms with Crippen molar-refractivity contribution in [1.29, 1.82) is 0 Å². The highest BCUT2D eigenvalue weighted by Gasteiger charge is 2.11. The Morgan fingerprint density at radius 1 is 1.23 bits per heavy atom. The zero-order valence-corrected chi connectivity index (χ0v) is 14.8. The first kappa shape index (κ1) is 17.8. The van der Waals surface area contributed by atoms with Crippen LogP contribution in [0.15, 0.2) is 53.9 Å². The predicted molar refractivity (Wildman–Crippen MR) is 99.8 cm³/mol. The summed E-state index contributed by atoms with van der Waals surface area (Å²) in [6.45, 7) is -0.198. The minimum atomic E-state index is -0.463. The fourth-order valence-corrected chi connectivity index (χ4v) is 3.00. The molecule has 26 heavy (non-hydrogen) atoms. The molecule has 0 aliphatic rings. The minimum Gasteiger partial charge on any atom is -0.482 e. The third-order valence-corrected chi connectivity index (χ3v) is 4.39. The lowest BCUT2D eigenvalue weighted by atomic mass is 10.1. The van der Waals surface area contributed by atoms with E-state index in [4.69, 9.17) is 16.3 Å². The number of benzene rings is 2. The maximum Gasteiger partial charge on any atom is 0.269 e. The highest BCUT2D eigenvalue weighted by molar-refractivity contribution is 7.14. The summed E-state index contributed by atoms with van der Waals surface area (Å²) in [5.41, 5.74) is 1.35. The number of nitrogens with one attached hydrogen (secondary N) is 1. The molecule has 1 aromatic heterocycles. The Bertz CT molecular complexity index is 943.